The maximum Gasteiger partial charge on any atom is 0.410 e. The Morgan fingerprint density at radius 1 is 1.50 bits per heavy atom. The molecule has 0 saturated carbocycles. The maximum atomic E-state index is 13.2. The summed E-state index contributed by atoms with van der Waals surface area (Å²) in [4.78, 5) is 13.1. The number of hydrogen-bond acceptors (Lipinski definition) is 3. The Balaban J connectivity index is 2.56. The van der Waals surface area contributed by atoms with E-state index in [9.17, 15) is 14.3 Å². The molecule has 1 fully saturated rings. The van der Waals surface area contributed by atoms with Crippen LogP contribution in [0.5, 0.6) is 0 Å². The molecule has 5 heteroatoms. The van der Waals surface area contributed by atoms with Gasteiger partial charge < -0.3 is 14.7 Å². The predicted octanol–water partition coefficient (Wildman–Crippen LogP) is 1.72. The highest BCUT2D eigenvalue weighted by Gasteiger charge is 2.30. The normalized spacial score (nSPS) is 27.4. The van der Waals surface area contributed by atoms with Crippen molar-refractivity contribution in [2.45, 2.75) is 51.5 Å². The van der Waals surface area contributed by atoms with Crippen molar-refractivity contribution < 1.29 is 19.0 Å². The second-order valence-electron chi connectivity index (χ2n) is 5.15. The summed E-state index contributed by atoms with van der Waals surface area (Å²) in [7, 11) is 0. The number of aliphatic hydroxyl groups is 1. The third kappa shape index (κ3) is 3.96. The molecule has 4 nitrogen and oxygen atoms in total. The highest BCUT2D eigenvalue weighted by atomic mass is 19.1. The van der Waals surface area contributed by atoms with E-state index in [0.29, 0.717) is 19.4 Å². The Morgan fingerprint density at radius 3 is 2.69 bits per heavy atom. The molecule has 2 atom stereocenters. The van der Waals surface area contributed by atoms with E-state index in [2.05, 4.69) is 0 Å². The van der Waals surface area contributed by atoms with Crippen LogP contribution in [0.4, 0.5) is 9.18 Å². The van der Waals surface area contributed by atoms with Gasteiger partial charge in [-0.1, -0.05) is 0 Å². The summed E-state index contributed by atoms with van der Waals surface area (Å²) in [5, 5.41) is 9.45. The molecular weight excluding hydrogens is 213 g/mol. The second kappa shape index (κ2) is 4.99. The number of likely N-dealkylation sites (tertiary alicyclic amines) is 1. The van der Waals surface area contributed by atoms with Crippen LogP contribution in [0.3, 0.4) is 0 Å². The average molecular weight is 233 g/mol. The lowest BCUT2D eigenvalue weighted by molar-refractivity contribution is 0.0104. The van der Waals surface area contributed by atoms with Crippen LogP contribution in [0, 0.1) is 0 Å². The van der Waals surface area contributed by atoms with E-state index in [1.54, 1.807) is 20.8 Å². The van der Waals surface area contributed by atoms with Crippen LogP contribution in [0.25, 0.3) is 0 Å². The quantitative estimate of drug-likeness (QED) is 0.693. The van der Waals surface area contributed by atoms with Crippen molar-refractivity contribution in [3.05, 3.63) is 0 Å². The third-order valence-corrected chi connectivity index (χ3v) is 2.38. The number of carbonyl (C=O) groups excluding carboxylic acids is 1. The summed E-state index contributed by atoms with van der Waals surface area (Å²) in [6.07, 6.45) is -1.99. The zero-order chi connectivity index (χ0) is 12.3. The number of halogens is 1. The fraction of sp³-hybridized carbons (Fsp3) is 0.909. The van der Waals surface area contributed by atoms with Gasteiger partial charge in [0.1, 0.15) is 17.9 Å². The van der Waals surface area contributed by atoms with Crippen molar-refractivity contribution in [1.29, 1.82) is 0 Å². The first-order valence-corrected chi connectivity index (χ1v) is 5.59. The summed E-state index contributed by atoms with van der Waals surface area (Å²) in [6, 6.07) is 0. The lowest BCUT2D eigenvalue weighted by Crippen LogP contribution is -2.41. The molecule has 0 aliphatic carbocycles. The van der Waals surface area contributed by atoms with Gasteiger partial charge in [0.05, 0.1) is 6.54 Å². The van der Waals surface area contributed by atoms with Crippen LogP contribution >= 0.6 is 0 Å². The van der Waals surface area contributed by atoms with Gasteiger partial charge >= 0.3 is 6.09 Å². The van der Waals surface area contributed by atoms with E-state index < -0.39 is 24.0 Å². The summed E-state index contributed by atoms with van der Waals surface area (Å²) in [5.41, 5.74) is -0.566. The number of ether oxygens (including phenoxy) is 1. The highest BCUT2D eigenvalue weighted by Crippen LogP contribution is 2.17. The van der Waals surface area contributed by atoms with Gasteiger partial charge in [-0.3, -0.25) is 0 Å². The Hall–Kier alpha value is -0.840. The molecular formula is C11H20FNO3. The first-order chi connectivity index (χ1) is 7.29. The van der Waals surface area contributed by atoms with E-state index in [0.717, 1.165) is 0 Å². The zero-order valence-corrected chi connectivity index (χ0v) is 10.1. The standard InChI is InChI=1S/C11H20FNO3/c1-11(2,3)16-10(15)13-6-4-5-8(12)9(14)7-13/h8-9,14H,4-7H2,1-3H3/t8-,9+/m1/s1. The number of aliphatic hydroxyl groups excluding tert-OH is 1. The number of rotatable bonds is 0. The molecule has 1 amide bonds. The monoisotopic (exact) mass is 233 g/mol. The smallest absolute Gasteiger partial charge is 0.410 e. The maximum absolute atomic E-state index is 13.2. The van der Waals surface area contributed by atoms with Gasteiger partial charge in [0.25, 0.3) is 0 Å². The largest absolute Gasteiger partial charge is 0.444 e. The Bertz CT molecular complexity index is 252. The van der Waals surface area contributed by atoms with Crippen LogP contribution < -0.4 is 0 Å². The number of β-amino-alcohol motifs (C(OH)–C–C–N with tert-alkyl or cyclic N) is 1. The average Bonchev–Trinajstić information content (AvgIpc) is 2.27. The van der Waals surface area contributed by atoms with Crippen LogP contribution in [0.2, 0.25) is 0 Å². The summed E-state index contributed by atoms with van der Waals surface area (Å²) in [5.74, 6) is 0. The first kappa shape index (κ1) is 13.2. The molecule has 1 heterocycles. The molecule has 1 N–H and O–H groups in total. The molecule has 94 valence electrons. The van der Waals surface area contributed by atoms with Gasteiger partial charge in [-0.05, 0) is 33.6 Å². The number of alkyl halides is 1. The van der Waals surface area contributed by atoms with Gasteiger partial charge in [-0.2, -0.15) is 0 Å². The number of nitrogens with zero attached hydrogens (tertiary/aromatic N) is 1. The van der Waals surface area contributed by atoms with E-state index in [1.807, 2.05) is 0 Å². The van der Waals surface area contributed by atoms with Crippen LogP contribution in [-0.2, 0) is 4.74 Å². The van der Waals surface area contributed by atoms with Crippen molar-refractivity contribution >= 4 is 6.09 Å². The number of amides is 1. The molecule has 16 heavy (non-hydrogen) atoms. The first-order valence-electron chi connectivity index (χ1n) is 5.59. The predicted molar refractivity (Wildman–Crippen MR) is 57.9 cm³/mol. The minimum absolute atomic E-state index is 0.0100. The number of carbonyl (C=O) groups is 1. The van der Waals surface area contributed by atoms with E-state index in [1.165, 1.54) is 4.90 Å². The Morgan fingerprint density at radius 2 is 2.12 bits per heavy atom. The van der Waals surface area contributed by atoms with Crippen LogP contribution in [0.1, 0.15) is 33.6 Å². The lowest BCUT2D eigenvalue weighted by Gasteiger charge is -2.27. The van der Waals surface area contributed by atoms with Crippen molar-refractivity contribution in [1.82, 2.24) is 4.90 Å². The SMILES string of the molecule is CC(C)(C)OC(=O)N1CCC[C@@H](F)[C@@H](O)C1. The molecule has 0 unspecified atom stereocenters. The van der Waals surface area contributed by atoms with Crippen LogP contribution in [-0.4, -0.2) is 47.1 Å². The summed E-state index contributed by atoms with van der Waals surface area (Å²) >= 11 is 0. The Labute approximate surface area is 95.4 Å². The van der Waals surface area contributed by atoms with Gasteiger partial charge in [-0.15, -0.1) is 0 Å². The molecule has 1 saturated heterocycles. The van der Waals surface area contributed by atoms with Gasteiger partial charge in [0.2, 0.25) is 0 Å². The minimum Gasteiger partial charge on any atom is -0.444 e. The van der Waals surface area contributed by atoms with E-state index in [-0.39, 0.29) is 6.54 Å². The van der Waals surface area contributed by atoms with Crippen molar-refractivity contribution in [3.8, 4) is 0 Å². The third-order valence-electron chi connectivity index (χ3n) is 2.38. The van der Waals surface area contributed by atoms with Crippen molar-refractivity contribution in [2.75, 3.05) is 13.1 Å². The second-order valence-corrected chi connectivity index (χ2v) is 5.15. The minimum atomic E-state index is -1.24. The zero-order valence-electron chi connectivity index (χ0n) is 10.1. The lowest BCUT2D eigenvalue weighted by atomic mass is 10.1. The molecule has 1 rings (SSSR count). The highest BCUT2D eigenvalue weighted by molar-refractivity contribution is 5.68. The molecule has 0 bridgehead atoms. The molecule has 1 aliphatic heterocycles. The molecule has 0 aromatic heterocycles. The fourth-order valence-electron chi connectivity index (χ4n) is 1.59. The van der Waals surface area contributed by atoms with Crippen LogP contribution in [0.15, 0.2) is 0 Å². The Kier molecular flexibility index (Phi) is 4.13. The molecule has 0 aromatic carbocycles. The van der Waals surface area contributed by atoms with Crippen molar-refractivity contribution in [2.24, 2.45) is 0 Å². The topological polar surface area (TPSA) is 49.8 Å². The van der Waals surface area contributed by atoms with Gasteiger partial charge in [0, 0.05) is 6.54 Å². The fourth-order valence-corrected chi connectivity index (χ4v) is 1.59. The van der Waals surface area contributed by atoms with E-state index in [4.69, 9.17) is 4.74 Å². The molecule has 0 aromatic rings. The van der Waals surface area contributed by atoms with Crippen molar-refractivity contribution in [3.63, 3.8) is 0 Å². The van der Waals surface area contributed by atoms with E-state index >= 15 is 0 Å². The summed E-state index contributed by atoms with van der Waals surface area (Å²) in [6.45, 7) is 5.77. The molecule has 0 radical (unpaired) electrons. The number of hydrogen-bond donors (Lipinski definition) is 1. The molecule has 1 aliphatic rings. The molecule has 0 spiro atoms. The summed E-state index contributed by atoms with van der Waals surface area (Å²) < 4.78 is 18.4. The van der Waals surface area contributed by atoms with Gasteiger partial charge in [-0.25, -0.2) is 9.18 Å². The van der Waals surface area contributed by atoms with Gasteiger partial charge in [0.15, 0.2) is 0 Å².